The first-order valence-electron chi connectivity index (χ1n) is 4.45. The van der Waals surface area contributed by atoms with Gasteiger partial charge >= 0.3 is 113 Å². The third-order valence-corrected chi connectivity index (χ3v) is 2.89. The Hall–Kier alpha value is -0.534. The molecule has 0 aliphatic carbocycles. The molecule has 0 aliphatic heterocycles. The molecule has 0 atom stereocenters. The van der Waals surface area contributed by atoms with E-state index in [9.17, 15) is 9.59 Å². The Labute approximate surface area is 113 Å². The van der Waals surface area contributed by atoms with Crippen molar-refractivity contribution in [2.24, 2.45) is 0 Å². The van der Waals surface area contributed by atoms with Crippen molar-refractivity contribution in [1.82, 2.24) is 4.98 Å². The second kappa shape index (κ2) is 5.20. The van der Waals surface area contributed by atoms with Crippen molar-refractivity contribution in [3.63, 3.8) is 0 Å². The molecule has 16 heavy (non-hydrogen) atoms. The fraction of sp³-hybridized carbons (Fsp3) is 0.444. The fourth-order valence-corrected chi connectivity index (χ4v) is 2.22. The van der Waals surface area contributed by atoms with Gasteiger partial charge in [-0.3, -0.25) is 0 Å². The van der Waals surface area contributed by atoms with Crippen LogP contribution in [-0.4, -0.2) is 45.2 Å². The summed E-state index contributed by atoms with van der Waals surface area (Å²) in [4.78, 5) is 26.3. The minimum absolute atomic E-state index is 0.0477. The fourth-order valence-electron chi connectivity index (χ4n) is 0.816. The Bertz CT molecular complexity index is 411. The molecule has 1 amide bonds. The van der Waals surface area contributed by atoms with E-state index >= 15 is 0 Å². The van der Waals surface area contributed by atoms with Crippen molar-refractivity contribution < 1.29 is 14.3 Å². The summed E-state index contributed by atoms with van der Waals surface area (Å²) in [6, 6.07) is 0. The average Bonchev–Trinajstić information content (AvgIpc) is 2.48. The molecule has 1 aromatic heterocycles. The molecular formula is C9H11N2O3PoS. The maximum absolute atomic E-state index is 11.4. The number of carbonyl (C=O) groups excluding carboxylic acids is 2. The molecule has 1 heterocycles. The normalized spacial score (nSPS) is 10.9. The summed E-state index contributed by atoms with van der Waals surface area (Å²) in [5.74, 6) is 0. The summed E-state index contributed by atoms with van der Waals surface area (Å²) in [5, 5.41) is 4.46. The molecule has 87 valence electrons. The van der Waals surface area contributed by atoms with E-state index in [1.54, 1.807) is 26.2 Å². The molecular weight excluding hydrogens is 425 g/mol. The third kappa shape index (κ3) is 4.54. The zero-order valence-electron chi connectivity index (χ0n) is 9.07. The monoisotopic (exact) mass is 436 g/mol. The van der Waals surface area contributed by atoms with E-state index < -0.39 is 11.7 Å². The predicted molar refractivity (Wildman–Crippen MR) is 62.1 cm³/mol. The molecule has 1 rings (SSSR count). The van der Waals surface area contributed by atoms with Gasteiger partial charge in [0.1, 0.15) is 0 Å². The maximum atomic E-state index is 11.4. The van der Waals surface area contributed by atoms with Gasteiger partial charge in [-0.1, -0.05) is 0 Å². The molecule has 0 fully saturated rings. The zero-order valence-corrected chi connectivity index (χ0v) is 13.1. The van der Waals surface area contributed by atoms with E-state index in [1.165, 1.54) is 11.3 Å². The van der Waals surface area contributed by atoms with Crippen LogP contribution in [0.4, 0.5) is 9.93 Å². The van der Waals surface area contributed by atoms with Crippen molar-refractivity contribution >= 4 is 51.1 Å². The molecule has 0 saturated carbocycles. The number of hydrogen-bond acceptors (Lipinski definition) is 5. The molecule has 0 saturated heterocycles. The van der Waals surface area contributed by atoms with Crippen LogP contribution < -0.4 is 5.32 Å². The van der Waals surface area contributed by atoms with Crippen LogP contribution in [0.5, 0.6) is 0 Å². The molecule has 1 radical (unpaired) electrons. The van der Waals surface area contributed by atoms with Gasteiger partial charge in [0, 0.05) is 0 Å². The Morgan fingerprint density at radius 2 is 2.12 bits per heavy atom. The molecule has 0 aromatic carbocycles. The van der Waals surface area contributed by atoms with E-state index in [0.717, 1.165) is 25.1 Å². The van der Waals surface area contributed by atoms with Gasteiger partial charge in [-0.25, -0.2) is 0 Å². The van der Waals surface area contributed by atoms with E-state index in [1.807, 2.05) is 0 Å². The quantitative estimate of drug-likeness (QED) is 0.768. The van der Waals surface area contributed by atoms with Crippen molar-refractivity contribution in [3.8, 4) is 0 Å². The molecule has 0 aliphatic rings. The Balaban J connectivity index is 2.60. The van der Waals surface area contributed by atoms with Gasteiger partial charge in [0.2, 0.25) is 0 Å². The standard InChI is InChI=1S/C9H11N2O3S.Po/c1-9(2,3)14-8(13)11-7-10-6(4-12)5-15-7;/h5H,1-3H3,(H,10,11,13);. The first-order valence-corrected chi connectivity index (χ1v) is 6.91. The summed E-state index contributed by atoms with van der Waals surface area (Å²) in [6.45, 7) is 5.33. The van der Waals surface area contributed by atoms with E-state index in [4.69, 9.17) is 4.74 Å². The Kier molecular flexibility index (Phi) is 4.40. The van der Waals surface area contributed by atoms with Crippen LogP contribution in [0.3, 0.4) is 0 Å². The number of nitrogens with one attached hydrogen (secondary N) is 1. The first kappa shape index (κ1) is 13.5. The third-order valence-electron chi connectivity index (χ3n) is 1.32. The van der Waals surface area contributed by atoms with Crippen molar-refractivity contribution in [3.05, 3.63) is 11.1 Å². The van der Waals surface area contributed by atoms with Gasteiger partial charge in [-0.2, -0.15) is 0 Å². The minimum atomic E-state index is -0.565. The van der Waals surface area contributed by atoms with Gasteiger partial charge < -0.3 is 0 Å². The number of anilines is 1. The summed E-state index contributed by atoms with van der Waals surface area (Å²) in [6.07, 6.45) is -0.565. The van der Waals surface area contributed by atoms with Crippen LogP contribution in [0.1, 0.15) is 31.3 Å². The van der Waals surface area contributed by atoms with Crippen LogP contribution in [-0.2, 0) is 4.74 Å². The van der Waals surface area contributed by atoms with Crippen molar-refractivity contribution in [2.75, 3.05) is 5.32 Å². The van der Waals surface area contributed by atoms with Crippen molar-refractivity contribution in [2.45, 2.75) is 26.4 Å². The van der Waals surface area contributed by atoms with E-state index in [0.29, 0.717) is 10.8 Å². The van der Waals surface area contributed by atoms with Crippen molar-refractivity contribution in [1.29, 1.82) is 0 Å². The summed E-state index contributed by atoms with van der Waals surface area (Å²) < 4.78 is 5.00. The number of hydrogen-bond donors (Lipinski definition) is 1. The average molecular weight is 436 g/mol. The Morgan fingerprint density at radius 1 is 1.50 bits per heavy atom. The van der Waals surface area contributed by atoms with Gasteiger partial charge in [0.15, 0.2) is 0 Å². The summed E-state index contributed by atoms with van der Waals surface area (Å²) >= 11 is 2.02. The predicted octanol–water partition coefficient (Wildman–Crippen LogP) is 1.80. The molecule has 7 heteroatoms. The number of nitrogens with zero attached hydrogens (tertiary/aromatic N) is 1. The van der Waals surface area contributed by atoms with Crippen LogP contribution in [0.15, 0.2) is 5.38 Å². The first-order chi connectivity index (χ1) is 7.28. The molecule has 1 aromatic rings. The summed E-state index contributed by atoms with van der Waals surface area (Å²) in [5.41, 5.74) is -0.166. The second-order valence-electron chi connectivity index (χ2n) is 3.95. The molecule has 1 N–H and O–H groups in total. The molecule has 0 spiro atoms. The number of amides is 1. The summed E-state index contributed by atoms with van der Waals surface area (Å²) in [7, 11) is 0. The number of thiazole rings is 1. The SMILES string of the molecule is CC(C)(C)OC(=O)Nc1nc([C](=O)[Po])cs1. The molecule has 0 bridgehead atoms. The number of aromatic nitrogens is 1. The molecule has 5 nitrogen and oxygen atoms in total. The molecule has 0 unspecified atom stereocenters. The van der Waals surface area contributed by atoms with Crippen LogP contribution in [0.25, 0.3) is 0 Å². The topological polar surface area (TPSA) is 68.3 Å². The number of rotatable bonds is 2. The van der Waals surface area contributed by atoms with Gasteiger partial charge in [0.05, 0.1) is 0 Å². The number of carbonyl (C=O) groups is 2. The van der Waals surface area contributed by atoms with Gasteiger partial charge in [-0.05, 0) is 0 Å². The van der Waals surface area contributed by atoms with E-state index in [2.05, 4.69) is 10.3 Å². The Morgan fingerprint density at radius 3 is 2.56 bits per heavy atom. The zero-order chi connectivity index (χ0) is 12.3. The van der Waals surface area contributed by atoms with E-state index in [-0.39, 0.29) is 3.44 Å². The van der Waals surface area contributed by atoms with Gasteiger partial charge in [0.25, 0.3) is 0 Å². The van der Waals surface area contributed by atoms with Crippen LogP contribution in [0, 0.1) is 0 Å². The van der Waals surface area contributed by atoms with Gasteiger partial charge in [-0.15, -0.1) is 0 Å². The second-order valence-corrected chi connectivity index (χ2v) is 6.25. The number of ether oxygens (including phenoxy) is 1. The van der Waals surface area contributed by atoms with Crippen LogP contribution in [0.2, 0.25) is 0 Å². The van der Waals surface area contributed by atoms with Crippen LogP contribution >= 0.6 is 11.3 Å².